The Morgan fingerprint density at radius 3 is 2.61 bits per heavy atom. The van der Waals surface area contributed by atoms with Gasteiger partial charge in [-0.15, -0.1) is 0 Å². The topological polar surface area (TPSA) is 146 Å². The van der Waals surface area contributed by atoms with Crippen LogP contribution in [0.25, 0.3) is 0 Å². The van der Waals surface area contributed by atoms with E-state index in [-0.39, 0.29) is 28.5 Å². The normalized spacial score (nSPS) is 11.5. The van der Waals surface area contributed by atoms with Gasteiger partial charge in [0, 0.05) is 12.6 Å². The summed E-state index contributed by atoms with van der Waals surface area (Å²) in [4.78, 5) is 10.5. The maximum Gasteiger partial charge on any atom is 0.335 e. The van der Waals surface area contributed by atoms with Gasteiger partial charge in [0.2, 0.25) is 11.6 Å². The molecule has 1 aromatic heterocycles. The van der Waals surface area contributed by atoms with Crippen LogP contribution in [0.2, 0.25) is 0 Å². The van der Waals surface area contributed by atoms with E-state index in [1.54, 1.807) is 0 Å². The number of nitrogens with zero attached hydrogens (tertiary/aromatic N) is 4. The summed E-state index contributed by atoms with van der Waals surface area (Å²) < 4.78 is 1.28. The Balaban J connectivity index is 2.38. The van der Waals surface area contributed by atoms with Crippen molar-refractivity contribution in [2.45, 2.75) is 13.8 Å². The quantitative estimate of drug-likeness (QED) is 0.289. The van der Waals surface area contributed by atoms with Crippen molar-refractivity contribution in [3.8, 4) is 17.2 Å². The fraction of sp³-hybridized carbons (Fsp3) is 0.231. The highest BCUT2D eigenvalue weighted by Crippen LogP contribution is 2.37. The van der Waals surface area contributed by atoms with Gasteiger partial charge < -0.3 is 15.3 Å². The van der Waals surface area contributed by atoms with Gasteiger partial charge in [-0.05, 0) is 26.0 Å². The molecule has 0 aliphatic carbocycles. The summed E-state index contributed by atoms with van der Waals surface area (Å²) in [5.41, 5.74) is 2.97. The number of aromatic hydroxyl groups is 3. The van der Waals surface area contributed by atoms with E-state index in [0.717, 1.165) is 0 Å². The largest absolute Gasteiger partial charge is 0.504 e. The summed E-state index contributed by atoms with van der Waals surface area (Å²) in [6.07, 6.45) is 0. The lowest BCUT2D eigenvalue weighted by atomic mass is 10.1. The summed E-state index contributed by atoms with van der Waals surface area (Å²) in [5, 5.41) is 47.6. The van der Waals surface area contributed by atoms with Crippen molar-refractivity contribution in [1.29, 1.82) is 0 Å². The summed E-state index contributed by atoms with van der Waals surface area (Å²) >= 11 is 0. The summed E-state index contributed by atoms with van der Waals surface area (Å²) in [6.45, 7) is 3.03. The van der Waals surface area contributed by atoms with Gasteiger partial charge in [0.25, 0.3) is 0 Å². The SMILES string of the molecule is CC(=NNc1c([N+](=O)[O-])c(C)nn1C)c1ccc(O)c(O)c1O. The van der Waals surface area contributed by atoms with Crippen molar-refractivity contribution >= 4 is 17.2 Å². The number of aromatic nitrogens is 2. The third kappa shape index (κ3) is 2.86. The van der Waals surface area contributed by atoms with Crippen LogP contribution >= 0.6 is 0 Å². The van der Waals surface area contributed by atoms with Gasteiger partial charge in [0.05, 0.1) is 10.6 Å². The van der Waals surface area contributed by atoms with Crippen molar-refractivity contribution in [2.24, 2.45) is 12.1 Å². The first-order valence-corrected chi connectivity index (χ1v) is 6.46. The van der Waals surface area contributed by atoms with Crippen LogP contribution in [0.15, 0.2) is 17.2 Å². The summed E-state index contributed by atoms with van der Waals surface area (Å²) in [7, 11) is 1.52. The van der Waals surface area contributed by atoms with Crippen LogP contribution < -0.4 is 5.43 Å². The van der Waals surface area contributed by atoms with E-state index in [9.17, 15) is 25.4 Å². The number of nitro groups is 1. The third-order valence-corrected chi connectivity index (χ3v) is 3.22. The molecule has 0 saturated carbocycles. The van der Waals surface area contributed by atoms with Crippen LogP contribution in [0, 0.1) is 17.0 Å². The van der Waals surface area contributed by atoms with E-state index in [1.165, 1.54) is 37.7 Å². The molecule has 1 heterocycles. The second-order valence-electron chi connectivity index (χ2n) is 4.80. The van der Waals surface area contributed by atoms with E-state index in [0.29, 0.717) is 0 Å². The molecule has 1 aromatic carbocycles. The standard InChI is InChI=1S/C13H15N5O5/c1-6(8-4-5-9(19)12(21)11(8)20)14-15-13-10(18(22)23)7(2)16-17(13)3/h4-5,15,19-21H,1-3H3. The maximum absolute atomic E-state index is 11.1. The first-order chi connectivity index (χ1) is 10.7. The number of phenols is 3. The van der Waals surface area contributed by atoms with E-state index >= 15 is 0 Å². The number of aryl methyl sites for hydroxylation is 2. The van der Waals surface area contributed by atoms with E-state index in [1.807, 2.05) is 0 Å². The van der Waals surface area contributed by atoms with Crippen molar-refractivity contribution in [3.63, 3.8) is 0 Å². The lowest BCUT2D eigenvalue weighted by Gasteiger charge is -2.08. The van der Waals surface area contributed by atoms with E-state index < -0.39 is 22.2 Å². The number of anilines is 1. The zero-order valence-corrected chi connectivity index (χ0v) is 12.6. The fourth-order valence-corrected chi connectivity index (χ4v) is 2.05. The average molecular weight is 321 g/mol. The zero-order valence-electron chi connectivity index (χ0n) is 12.6. The van der Waals surface area contributed by atoms with Crippen molar-refractivity contribution in [3.05, 3.63) is 33.5 Å². The summed E-state index contributed by atoms with van der Waals surface area (Å²) in [6, 6.07) is 2.55. The van der Waals surface area contributed by atoms with Gasteiger partial charge in [-0.2, -0.15) is 10.2 Å². The minimum Gasteiger partial charge on any atom is -0.504 e. The predicted octanol–water partition coefficient (Wildman–Crippen LogP) is 1.59. The monoisotopic (exact) mass is 321 g/mol. The molecule has 0 atom stereocenters. The fourth-order valence-electron chi connectivity index (χ4n) is 2.05. The van der Waals surface area contributed by atoms with Gasteiger partial charge in [-0.1, -0.05) is 0 Å². The predicted molar refractivity (Wildman–Crippen MR) is 81.9 cm³/mol. The molecule has 0 aliphatic heterocycles. The minimum atomic E-state index is -0.667. The van der Waals surface area contributed by atoms with Gasteiger partial charge >= 0.3 is 5.69 Å². The highest BCUT2D eigenvalue weighted by Gasteiger charge is 2.24. The molecule has 2 rings (SSSR count). The molecule has 0 saturated heterocycles. The first kappa shape index (κ1) is 16.1. The van der Waals surface area contributed by atoms with Crippen LogP contribution in [0.4, 0.5) is 11.5 Å². The van der Waals surface area contributed by atoms with Gasteiger partial charge in [0.15, 0.2) is 11.5 Å². The molecule has 10 nitrogen and oxygen atoms in total. The molecule has 0 aliphatic rings. The number of hydrazone groups is 1. The minimum absolute atomic E-state index is 0.0781. The van der Waals surface area contributed by atoms with Crippen LogP contribution in [0.1, 0.15) is 18.2 Å². The number of rotatable bonds is 4. The molecule has 122 valence electrons. The Morgan fingerprint density at radius 1 is 1.35 bits per heavy atom. The van der Waals surface area contributed by atoms with E-state index in [2.05, 4.69) is 15.6 Å². The molecule has 2 aromatic rings. The van der Waals surface area contributed by atoms with Gasteiger partial charge in [-0.3, -0.25) is 15.5 Å². The smallest absolute Gasteiger partial charge is 0.335 e. The van der Waals surface area contributed by atoms with Crippen molar-refractivity contribution in [2.75, 3.05) is 5.43 Å². The molecule has 0 spiro atoms. The third-order valence-electron chi connectivity index (χ3n) is 3.22. The Bertz CT molecular complexity index is 812. The molecule has 23 heavy (non-hydrogen) atoms. The number of hydrogen-bond donors (Lipinski definition) is 4. The number of benzene rings is 1. The Hall–Kier alpha value is -3.30. The summed E-state index contributed by atoms with van der Waals surface area (Å²) in [5.74, 6) is -1.60. The molecular formula is C13H15N5O5. The lowest BCUT2D eigenvalue weighted by molar-refractivity contribution is -0.384. The first-order valence-electron chi connectivity index (χ1n) is 6.46. The van der Waals surface area contributed by atoms with Gasteiger partial charge in [0.1, 0.15) is 5.69 Å². The molecular weight excluding hydrogens is 306 g/mol. The zero-order chi connectivity index (χ0) is 17.3. The molecule has 10 heteroatoms. The maximum atomic E-state index is 11.1. The number of nitrogens with one attached hydrogen (secondary N) is 1. The average Bonchev–Trinajstić information content (AvgIpc) is 2.76. The molecule has 0 unspecified atom stereocenters. The highest BCUT2D eigenvalue weighted by molar-refractivity contribution is 6.02. The second-order valence-corrected chi connectivity index (χ2v) is 4.80. The Kier molecular flexibility index (Phi) is 4.08. The molecule has 0 bridgehead atoms. The number of phenolic OH excluding ortho intramolecular Hbond substituents is 3. The Labute approximate surface area is 130 Å². The van der Waals surface area contributed by atoms with Crippen LogP contribution in [-0.2, 0) is 7.05 Å². The Morgan fingerprint density at radius 2 is 2.00 bits per heavy atom. The molecule has 0 fully saturated rings. The van der Waals surface area contributed by atoms with Crippen molar-refractivity contribution in [1.82, 2.24) is 9.78 Å². The highest BCUT2D eigenvalue weighted by atomic mass is 16.6. The molecule has 0 amide bonds. The molecule has 0 radical (unpaired) electrons. The van der Waals surface area contributed by atoms with Crippen LogP contribution in [0.3, 0.4) is 0 Å². The van der Waals surface area contributed by atoms with Crippen LogP contribution in [-0.4, -0.2) is 35.7 Å². The molecule has 4 N–H and O–H groups in total. The van der Waals surface area contributed by atoms with Crippen molar-refractivity contribution < 1.29 is 20.2 Å². The lowest BCUT2D eigenvalue weighted by Crippen LogP contribution is -2.05. The van der Waals surface area contributed by atoms with Crippen LogP contribution in [0.5, 0.6) is 17.2 Å². The number of hydrogen-bond acceptors (Lipinski definition) is 8. The van der Waals surface area contributed by atoms with E-state index in [4.69, 9.17) is 0 Å². The second kappa shape index (κ2) is 5.83. The van der Waals surface area contributed by atoms with Gasteiger partial charge in [-0.25, -0.2) is 4.68 Å².